The van der Waals surface area contributed by atoms with Gasteiger partial charge in [-0.2, -0.15) is 12.6 Å². The number of anilines is 1. The molecular weight excluding hydrogens is 427 g/mol. The van der Waals surface area contributed by atoms with Crippen LogP contribution >= 0.6 is 12.6 Å². The molecule has 5 nitrogen and oxygen atoms in total. The molecule has 32 heavy (non-hydrogen) atoms. The Balaban J connectivity index is 1.75. The van der Waals surface area contributed by atoms with Crippen molar-refractivity contribution in [1.29, 1.82) is 0 Å². The zero-order valence-corrected chi connectivity index (χ0v) is 19.2. The lowest BCUT2D eigenvalue weighted by Crippen LogP contribution is -2.53. The van der Waals surface area contributed by atoms with Crippen LogP contribution in [0.25, 0.3) is 0 Å². The average molecular weight is 459 g/mol. The van der Waals surface area contributed by atoms with Crippen molar-refractivity contribution in [2.45, 2.75) is 51.2 Å². The van der Waals surface area contributed by atoms with Crippen LogP contribution in [-0.2, 0) is 20.7 Å². The summed E-state index contributed by atoms with van der Waals surface area (Å²) in [6.45, 7) is 2.63. The molecule has 0 saturated heterocycles. The van der Waals surface area contributed by atoms with E-state index in [-0.39, 0.29) is 30.2 Å². The van der Waals surface area contributed by atoms with Crippen LogP contribution in [-0.4, -0.2) is 36.3 Å². The molecule has 0 radical (unpaired) electrons. The molecule has 2 amide bonds. The van der Waals surface area contributed by atoms with E-state index in [1.165, 1.54) is 12.1 Å². The van der Waals surface area contributed by atoms with Crippen molar-refractivity contribution in [1.82, 2.24) is 5.32 Å². The third-order valence-corrected chi connectivity index (χ3v) is 6.70. The van der Waals surface area contributed by atoms with Gasteiger partial charge in [-0.15, -0.1) is 0 Å². The lowest BCUT2D eigenvalue weighted by atomic mass is 9.73. The fourth-order valence-corrected chi connectivity index (χ4v) is 4.59. The summed E-state index contributed by atoms with van der Waals surface area (Å²) in [7, 11) is 0. The van der Waals surface area contributed by atoms with Gasteiger partial charge in [0.2, 0.25) is 11.8 Å². The summed E-state index contributed by atoms with van der Waals surface area (Å²) < 4.78 is 19.1. The van der Waals surface area contributed by atoms with Crippen LogP contribution in [0.5, 0.6) is 0 Å². The molecule has 0 spiro atoms. The van der Waals surface area contributed by atoms with E-state index in [1.807, 2.05) is 25.1 Å². The molecule has 1 fully saturated rings. The summed E-state index contributed by atoms with van der Waals surface area (Å²) in [4.78, 5) is 26.5. The van der Waals surface area contributed by atoms with Crippen molar-refractivity contribution in [3.05, 3.63) is 66.0 Å². The molecule has 2 aromatic carbocycles. The molecule has 1 atom stereocenters. The molecule has 1 aliphatic rings. The maximum atomic E-state index is 13.4. The molecule has 0 bridgehead atoms. The summed E-state index contributed by atoms with van der Waals surface area (Å²) >= 11 is 4.49. The van der Waals surface area contributed by atoms with E-state index < -0.39 is 11.5 Å². The first-order valence-corrected chi connectivity index (χ1v) is 11.7. The first kappa shape index (κ1) is 24.3. The fraction of sp³-hybridized carbons (Fsp3) is 0.440. The number of amides is 2. The van der Waals surface area contributed by atoms with Crippen LogP contribution in [0.4, 0.5) is 10.1 Å². The highest BCUT2D eigenvalue weighted by molar-refractivity contribution is 7.80. The monoisotopic (exact) mass is 458 g/mol. The zero-order chi connectivity index (χ0) is 23.0. The Labute approximate surface area is 194 Å². The number of carbonyl (C=O) groups is 2. The number of hydrogen-bond acceptors (Lipinski definition) is 4. The third kappa shape index (κ3) is 6.33. The van der Waals surface area contributed by atoms with Gasteiger partial charge in [-0.1, -0.05) is 30.3 Å². The van der Waals surface area contributed by atoms with Gasteiger partial charge in [-0.25, -0.2) is 4.39 Å². The number of carbonyl (C=O) groups excluding carboxylic acids is 2. The number of rotatable bonds is 9. The summed E-state index contributed by atoms with van der Waals surface area (Å²) in [6.07, 6.45) is 3.33. The molecule has 1 aliphatic carbocycles. The van der Waals surface area contributed by atoms with Gasteiger partial charge >= 0.3 is 0 Å². The predicted octanol–water partition coefficient (Wildman–Crippen LogP) is 4.39. The highest BCUT2D eigenvalue weighted by Crippen LogP contribution is 2.39. The minimum Gasteiger partial charge on any atom is -0.379 e. The zero-order valence-electron chi connectivity index (χ0n) is 18.4. The number of hydrogen-bond donors (Lipinski definition) is 3. The van der Waals surface area contributed by atoms with Crippen LogP contribution in [0.15, 0.2) is 54.6 Å². The standard InChI is InChI=1S/C25H31FN2O3S/c1-2-31-21-12-14-25(17-32,15-13-21)24(30)28-22(16-18-8-10-19(26)11-9-18)23(29)27-20-6-4-3-5-7-20/h3-11,21-22,32H,2,12-17H2,1H3,(H,27,29)(H,28,30)/t21-,22-,25+/m0/s1. The van der Waals surface area contributed by atoms with E-state index >= 15 is 0 Å². The molecule has 7 heteroatoms. The minimum absolute atomic E-state index is 0.164. The van der Waals surface area contributed by atoms with Gasteiger partial charge in [0.05, 0.1) is 11.5 Å². The van der Waals surface area contributed by atoms with Crippen LogP contribution in [0.2, 0.25) is 0 Å². The van der Waals surface area contributed by atoms with Gasteiger partial charge in [0.1, 0.15) is 11.9 Å². The van der Waals surface area contributed by atoms with E-state index in [0.717, 1.165) is 18.4 Å². The topological polar surface area (TPSA) is 67.4 Å². The second-order valence-corrected chi connectivity index (χ2v) is 8.62. The second-order valence-electron chi connectivity index (χ2n) is 8.31. The highest BCUT2D eigenvalue weighted by Gasteiger charge is 2.42. The Hall–Kier alpha value is -2.38. The van der Waals surface area contributed by atoms with Gasteiger partial charge in [-0.3, -0.25) is 9.59 Å². The molecule has 0 aromatic heterocycles. The molecular formula is C25H31FN2O3S. The normalized spacial score (nSPS) is 21.5. The summed E-state index contributed by atoms with van der Waals surface area (Å²) in [5, 5.41) is 5.84. The highest BCUT2D eigenvalue weighted by atomic mass is 32.1. The summed E-state index contributed by atoms with van der Waals surface area (Å²) in [5.41, 5.74) is 0.780. The summed E-state index contributed by atoms with van der Waals surface area (Å²) in [5.74, 6) is -0.423. The van der Waals surface area contributed by atoms with Crippen molar-refractivity contribution < 1.29 is 18.7 Å². The SMILES string of the molecule is CCO[C@H]1CC[C@@](CS)(C(=O)N[C@@H](Cc2ccc(F)cc2)C(=O)Nc2ccccc2)CC1. The molecule has 2 N–H and O–H groups in total. The van der Waals surface area contributed by atoms with Crippen LogP contribution in [0.3, 0.4) is 0 Å². The van der Waals surface area contributed by atoms with Gasteiger partial charge in [-0.05, 0) is 62.4 Å². The number of ether oxygens (including phenoxy) is 1. The van der Waals surface area contributed by atoms with Crippen molar-refractivity contribution in [2.24, 2.45) is 5.41 Å². The molecule has 0 heterocycles. The maximum Gasteiger partial charge on any atom is 0.247 e. The Bertz CT molecular complexity index is 884. The summed E-state index contributed by atoms with van der Waals surface area (Å²) in [6, 6.07) is 14.3. The number of para-hydroxylation sites is 1. The first-order chi connectivity index (χ1) is 15.5. The first-order valence-electron chi connectivity index (χ1n) is 11.1. The van der Waals surface area contributed by atoms with E-state index in [4.69, 9.17) is 4.74 Å². The molecule has 0 aliphatic heterocycles. The number of benzene rings is 2. The van der Waals surface area contributed by atoms with Gasteiger partial charge in [0.25, 0.3) is 0 Å². The number of halogens is 1. The van der Waals surface area contributed by atoms with Crippen molar-refractivity contribution in [2.75, 3.05) is 17.7 Å². The average Bonchev–Trinajstić information content (AvgIpc) is 2.81. The van der Waals surface area contributed by atoms with Crippen LogP contribution < -0.4 is 10.6 Å². The smallest absolute Gasteiger partial charge is 0.247 e. The predicted molar refractivity (Wildman–Crippen MR) is 127 cm³/mol. The molecule has 0 unspecified atom stereocenters. The van der Waals surface area contributed by atoms with Crippen LogP contribution in [0.1, 0.15) is 38.2 Å². The Morgan fingerprint density at radius 1 is 1.12 bits per heavy atom. The quantitative estimate of drug-likeness (QED) is 0.489. The van der Waals surface area contributed by atoms with Crippen molar-refractivity contribution >= 4 is 30.1 Å². The van der Waals surface area contributed by atoms with Crippen LogP contribution in [0, 0.1) is 11.2 Å². The van der Waals surface area contributed by atoms with Gasteiger partial charge in [0, 0.05) is 24.5 Å². The molecule has 1 saturated carbocycles. The lowest BCUT2D eigenvalue weighted by Gasteiger charge is -2.38. The van der Waals surface area contributed by atoms with E-state index in [2.05, 4.69) is 23.3 Å². The number of nitrogens with one attached hydrogen (secondary N) is 2. The van der Waals surface area contributed by atoms with E-state index in [0.29, 0.717) is 30.9 Å². The maximum absolute atomic E-state index is 13.4. The van der Waals surface area contributed by atoms with Gasteiger partial charge < -0.3 is 15.4 Å². The lowest BCUT2D eigenvalue weighted by molar-refractivity contribution is -0.136. The molecule has 2 aromatic rings. The Morgan fingerprint density at radius 2 is 1.78 bits per heavy atom. The fourth-order valence-electron chi connectivity index (χ4n) is 4.13. The third-order valence-electron chi connectivity index (χ3n) is 6.09. The van der Waals surface area contributed by atoms with E-state index in [9.17, 15) is 14.0 Å². The second kappa shape index (κ2) is 11.5. The van der Waals surface area contributed by atoms with Crippen molar-refractivity contribution in [3.8, 4) is 0 Å². The van der Waals surface area contributed by atoms with Crippen molar-refractivity contribution in [3.63, 3.8) is 0 Å². The van der Waals surface area contributed by atoms with E-state index in [1.54, 1.807) is 24.3 Å². The molecule has 3 rings (SSSR count). The Morgan fingerprint density at radius 3 is 2.38 bits per heavy atom. The minimum atomic E-state index is -0.797. The van der Waals surface area contributed by atoms with Gasteiger partial charge in [0.15, 0.2) is 0 Å². The molecule has 172 valence electrons. The number of thiol groups is 1. The largest absolute Gasteiger partial charge is 0.379 e. The Kier molecular flexibility index (Phi) is 8.70.